The van der Waals surface area contributed by atoms with Crippen LogP contribution in [-0.2, 0) is 19.6 Å². The topological polar surface area (TPSA) is 63.7 Å². The van der Waals surface area contributed by atoms with Gasteiger partial charge in [0.2, 0.25) is 10.0 Å². The van der Waals surface area contributed by atoms with Gasteiger partial charge in [-0.15, -0.1) is 0 Å². The van der Waals surface area contributed by atoms with E-state index in [1.165, 1.54) is 11.4 Å². The van der Waals surface area contributed by atoms with Crippen molar-refractivity contribution >= 4 is 15.8 Å². The summed E-state index contributed by atoms with van der Waals surface area (Å²) in [5, 5.41) is 0. The van der Waals surface area contributed by atoms with E-state index in [0.717, 1.165) is 5.56 Å². The molecule has 3 atom stereocenters. The summed E-state index contributed by atoms with van der Waals surface area (Å²) < 4.78 is 32.3. The average Bonchev–Trinajstić information content (AvgIpc) is 2.42. The molecule has 0 radical (unpaired) electrons. The molecule has 6 heteroatoms. The van der Waals surface area contributed by atoms with Crippen molar-refractivity contribution < 1.29 is 17.9 Å². The lowest BCUT2D eigenvalue weighted by Gasteiger charge is -2.40. The first-order chi connectivity index (χ1) is 9.78. The van der Waals surface area contributed by atoms with Crippen molar-refractivity contribution in [1.82, 2.24) is 4.31 Å². The second-order valence-corrected chi connectivity index (χ2v) is 7.44. The molecule has 1 aliphatic rings. The summed E-state index contributed by atoms with van der Waals surface area (Å²) in [6, 6.07) is 5.91. The molecule has 0 aliphatic carbocycles. The number of hydrogen-bond donors (Lipinski definition) is 0. The van der Waals surface area contributed by atoms with Crippen LogP contribution >= 0.6 is 0 Å². The highest BCUT2D eigenvalue weighted by Crippen LogP contribution is 2.31. The van der Waals surface area contributed by atoms with Gasteiger partial charge in [-0.1, -0.05) is 24.6 Å². The van der Waals surface area contributed by atoms with Crippen LogP contribution < -0.4 is 0 Å². The van der Waals surface area contributed by atoms with E-state index in [0.29, 0.717) is 6.42 Å². The van der Waals surface area contributed by atoms with Crippen molar-refractivity contribution in [3.63, 3.8) is 0 Å². The predicted octanol–water partition coefficient (Wildman–Crippen LogP) is 1.96. The van der Waals surface area contributed by atoms with Gasteiger partial charge in [0, 0.05) is 19.4 Å². The van der Waals surface area contributed by atoms with Crippen LogP contribution in [0.3, 0.4) is 0 Å². The minimum atomic E-state index is -3.77. The quantitative estimate of drug-likeness (QED) is 0.856. The van der Waals surface area contributed by atoms with Gasteiger partial charge in [0.1, 0.15) is 6.23 Å². The third-order valence-corrected chi connectivity index (χ3v) is 5.89. The van der Waals surface area contributed by atoms with Crippen LogP contribution in [-0.4, -0.2) is 37.9 Å². The second kappa shape index (κ2) is 5.87. The standard InChI is InChI=1S/C15H21NO4S/c1-10-5-7-13(8-6-10)21(18,19)16-12(3)14(17)9-11(2)15(16)20-4/h5-8,11-12,15H,9H2,1-4H3/t11-,12-,15+/m0/s1. The van der Waals surface area contributed by atoms with E-state index in [2.05, 4.69) is 0 Å². The summed E-state index contributed by atoms with van der Waals surface area (Å²) in [6.07, 6.45) is -0.288. The zero-order chi connectivity index (χ0) is 15.8. The summed E-state index contributed by atoms with van der Waals surface area (Å²) >= 11 is 0. The van der Waals surface area contributed by atoms with Crippen LogP contribution in [0.25, 0.3) is 0 Å². The van der Waals surface area contributed by atoms with Crippen molar-refractivity contribution in [2.24, 2.45) is 5.92 Å². The molecule has 0 N–H and O–H groups in total. The zero-order valence-corrected chi connectivity index (χ0v) is 13.6. The van der Waals surface area contributed by atoms with Crippen LogP contribution in [0, 0.1) is 12.8 Å². The van der Waals surface area contributed by atoms with Crippen LogP contribution in [0.5, 0.6) is 0 Å². The number of piperidine rings is 1. The highest BCUT2D eigenvalue weighted by Gasteiger charge is 2.45. The van der Waals surface area contributed by atoms with E-state index < -0.39 is 22.3 Å². The number of ether oxygens (including phenoxy) is 1. The lowest BCUT2D eigenvalue weighted by molar-refractivity contribution is -0.137. The largest absolute Gasteiger partial charge is 0.365 e. The van der Waals surface area contributed by atoms with Gasteiger partial charge in [-0.25, -0.2) is 8.42 Å². The van der Waals surface area contributed by atoms with E-state index in [-0.39, 0.29) is 16.6 Å². The van der Waals surface area contributed by atoms with Gasteiger partial charge >= 0.3 is 0 Å². The minimum absolute atomic E-state index is 0.0773. The molecule has 1 aliphatic heterocycles. The Hall–Kier alpha value is -1.24. The SMILES string of the molecule is CO[C@@H]1[C@@H](C)CC(=O)[C@H](C)N1S(=O)(=O)c1ccc(C)cc1. The molecule has 0 spiro atoms. The number of sulfonamides is 1. The van der Waals surface area contributed by atoms with Crippen LogP contribution in [0.1, 0.15) is 25.8 Å². The first-order valence-corrected chi connectivity index (χ1v) is 8.38. The fraction of sp³-hybridized carbons (Fsp3) is 0.533. The van der Waals surface area contributed by atoms with E-state index in [9.17, 15) is 13.2 Å². The van der Waals surface area contributed by atoms with E-state index in [1.807, 2.05) is 13.8 Å². The second-order valence-electron chi connectivity index (χ2n) is 5.60. The van der Waals surface area contributed by atoms with Gasteiger partial charge in [-0.3, -0.25) is 4.79 Å². The van der Waals surface area contributed by atoms with Crippen molar-refractivity contribution in [1.29, 1.82) is 0 Å². The fourth-order valence-electron chi connectivity index (χ4n) is 2.71. The van der Waals surface area contributed by atoms with Crippen LogP contribution in [0.4, 0.5) is 0 Å². The molecular formula is C15H21NO4S. The molecule has 2 rings (SSSR count). The average molecular weight is 311 g/mol. The number of carbonyl (C=O) groups excluding carboxylic acids is 1. The molecule has 1 aromatic rings. The van der Waals surface area contributed by atoms with Gasteiger partial charge in [0.05, 0.1) is 10.9 Å². The molecule has 0 unspecified atom stereocenters. The normalized spacial score (nSPS) is 27.8. The van der Waals surface area contributed by atoms with Gasteiger partial charge in [-0.2, -0.15) is 4.31 Å². The molecule has 0 amide bonds. The highest BCUT2D eigenvalue weighted by molar-refractivity contribution is 7.89. The lowest BCUT2D eigenvalue weighted by Crippen LogP contribution is -2.56. The van der Waals surface area contributed by atoms with Crippen LogP contribution in [0.15, 0.2) is 29.2 Å². The smallest absolute Gasteiger partial charge is 0.245 e. The summed E-state index contributed by atoms with van der Waals surface area (Å²) in [5.74, 6) is -0.245. The maximum absolute atomic E-state index is 12.9. The number of nitrogens with zero attached hydrogens (tertiary/aromatic N) is 1. The Morgan fingerprint density at radius 2 is 1.76 bits per heavy atom. The molecule has 0 bridgehead atoms. The monoisotopic (exact) mass is 311 g/mol. The Morgan fingerprint density at radius 3 is 2.29 bits per heavy atom. The number of carbonyl (C=O) groups is 1. The Balaban J connectivity index is 2.48. The van der Waals surface area contributed by atoms with Gasteiger partial charge in [0.15, 0.2) is 5.78 Å². The number of rotatable bonds is 3. The molecule has 1 heterocycles. The Bertz CT molecular complexity index is 624. The Morgan fingerprint density at radius 1 is 1.19 bits per heavy atom. The van der Waals surface area contributed by atoms with Crippen LogP contribution in [0.2, 0.25) is 0 Å². The molecule has 1 fully saturated rings. The molecule has 21 heavy (non-hydrogen) atoms. The number of methoxy groups -OCH3 is 1. The lowest BCUT2D eigenvalue weighted by atomic mass is 9.94. The van der Waals surface area contributed by atoms with Crippen molar-refractivity contribution in [2.75, 3.05) is 7.11 Å². The number of hydrogen-bond acceptors (Lipinski definition) is 4. The van der Waals surface area contributed by atoms with Crippen molar-refractivity contribution in [3.05, 3.63) is 29.8 Å². The first kappa shape index (κ1) is 16.1. The summed E-state index contributed by atoms with van der Waals surface area (Å²) in [7, 11) is -2.29. The minimum Gasteiger partial charge on any atom is -0.365 e. The van der Waals surface area contributed by atoms with E-state index >= 15 is 0 Å². The third-order valence-electron chi connectivity index (χ3n) is 3.95. The fourth-order valence-corrected chi connectivity index (χ4v) is 4.54. The number of benzene rings is 1. The maximum Gasteiger partial charge on any atom is 0.245 e. The molecule has 0 saturated carbocycles. The molecule has 116 valence electrons. The number of Topliss-reactive ketones (excluding diaryl/α,β-unsaturated/α-hetero) is 1. The highest BCUT2D eigenvalue weighted by atomic mass is 32.2. The maximum atomic E-state index is 12.9. The van der Waals surface area contributed by atoms with E-state index in [1.54, 1.807) is 31.2 Å². The molecule has 0 aromatic heterocycles. The van der Waals surface area contributed by atoms with Gasteiger partial charge < -0.3 is 4.74 Å². The van der Waals surface area contributed by atoms with E-state index in [4.69, 9.17) is 4.74 Å². The summed E-state index contributed by atoms with van der Waals surface area (Å²) in [5.41, 5.74) is 0.980. The number of ketones is 1. The summed E-state index contributed by atoms with van der Waals surface area (Å²) in [6.45, 7) is 5.34. The molecular weight excluding hydrogens is 290 g/mol. The molecule has 1 saturated heterocycles. The molecule has 1 aromatic carbocycles. The first-order valence-electron chi connectivity index (χ1n) is 6.94. The Kier molecular flexibility index (Phi) is 4.51. The van der Waals surface area contributed by atoms with Crippen molar-refractivity contribution in [2.45, 2.75) is 44.4 Å². The van der Waals surface area contributed by atoms with Gasteiger partial charge in [0.25, 0.3) is 0 Å². The predicted molar refractivity (Wildman–Crippen MR) is 79.3 cm³/mol. The van der Waals surface area contributed by atoms with Crippen molar-refractivity contribution in [3.8, 4) is 0 Å². The zero-order valence-electron chi connectivity index (χ0n) is 12.7. The Labute approximate surface area is 126 Å². The van der Waals surface area contributed by atoms with Gasteiger partial charge in [-0.05, 0) is 26.0 Å². The third kappa shape index (κ3) is 2.88. The molecule has 5 nitrogen and oxygen atoms in total. The summed E-state index contributed by atoms with van der Waals surface area (Å²) in [4.78, 5) is 12.2. The number of aryl methyl sites for hydroxylation is 1.